The molecule has 0 aliphatic carbocycles. The molecule has 1 aromatic rings. The quantitative estimate of drug-likeness (QED) is 0.463. The van der Waals surface area contributed by atoms with Gasteiger partial charge in [-0.1, -0.05) is 18.2 Å². The van der Waals surface area contributed by atoms with Crippen LogP contribution >= 0.6 is 12.6 Å². The second-order valence-electron chi connectivity index (χ2n) is 2.28. The zero-order chi connectivity index (χ0) is 8.97. The van der Waals surface area contributed by atoms with Crippen LogP contribution in [0.5, 0.6) is 0 Å². The molecule has 0 spiro atoms. The summed E-state index contributed by atoms with van der Waals surface area (Å²) in [6.45, 7) is 0. The maximum Gasteiger partial charge on any atom is 0.253 e. The summed E-state index contributed by atoms with van der Waals surface area (Å²) in [7, 11) is 0. The Hall–Kier alpha value is -1.00. The third-order valence-corrected chi connectivity index (χ3v) is 1.44. The van der Waals surface area contributed by atoms with Crippen LogP contribution in [0.4, 0.5) is 0 Å². The highest BCUT2D eigenvalue weighted by atomic mass is 32.1. The molecule has 0 unspecified atom stereocenters. The molecule has 0 aromatic heterocycles. The first-order valence-corrected chi connectivity index (χ1v) is 4.01. The van der Waals surface area contributed by atoms with Crippen LogP contribution in [0.3, 0.4) is 0 Å². The first-order chi connectivity index (χ1) is 5.70. The van der Waals surface area contributed by atoms with Crippen molar-refractivity contribution in [3.8, 4) is 0 Å². The van der Waals surface area contributed by atoms with Gasteiger partial charge in [0.2, 0.25) is 0 Å². The molecule has 1 atom stereocenters. The summed E-state index contributed by atoms with van der Waals surface area (Å²) in [5.74, 6) is -0.210. The SMILES string of the molecule is N[C@@H](S)NC(=O)c1ccccc1. The van der Waals surface area contributed by atoms with E-state index in [1.54, 1.807) is 24.3 Å². The lowest BCUT2D eigenvalue weighted by atomic mass is 10.2. The molecule has 1 rings (SSSR count). The van der Waals surface area contributed by atoms with Gasteiger partial charge in [0.25, 0.3) is 5.91 Å². The molecule has 4 heteroatoms. The van der Waals surface area contributed by atoms with Crippen molar-refractivity contribution in [3.63, 3.8) is 0 Å². The number of nitrogens with two attached hydrogens (primary N) is 1. The van der Waals surface area contributed by atoms with Crippen molar-refractivity contribution in [2.24, 2.45) is 5.73 Å². The Bertz CT molecular complexity index is 261. The predicted molar refractivity (Wildman–Crippen MR) is 50.9 cm³/mol. The highest BCUT2D eigenvalue weighted by Gasteiger charge is 2.04. The minimum Gasteiger partial charge on any atom is -0.328 e. The normalized spacial score (nSPS) is 12.2. The molecule has 0 fully saturated rings. The van der Waals surface area contributed by atoms with Crippen LogP contribution in [-0.2, 0) is 0 Å². The van der Waals surface area contributed by atoms with Gasteiger partial charge in [0.05, 0.1) is 0 Å². The molecular weight excluding hydrogens is 172 g/mol. The van der Waals surface area contributed by atoms with E-state index in [0.29, 0.717) is 5.56 Å². The molecule has 0 saturated heterocycles. The number of hydrogen-bond donors (Lipinski definition) is 3. The molecular formula is C8H10N2OS. The third-order valence-electron chi connectivity index (χ3n) is 1.31. The summed E-state index contributed by atoms with van der Waals surface area (Å²) in [6, 6.07) is 8.85. The Labute approximate surface area is 76.4 Å². The van der Waals surface area contributed by atoms with Crippen LogP contribution in [0.25, 0.3) is 0 Å². The lowest BCUT2D eigenvalue weighted by molar-refractivity contribution is 0.0951. The van der Waals surface area contributed by atoms with Gasteiger partial charge in [-0.05, 0) is 12.1 Å². The molecule has 0 radical (unpaired) electrons. The van der Waals surface area contributed by atoms with Crippen molar-refractivity contribution in [3.05, 3.63) is 35.9 Å². The van der Waals surface area contributed by atoms with E-state index in [9.17, 15) is 4.79 Å². The molecule has 3 N–H and O–H groups in total. The molecule has 0 heterocycles. The lowest BCUT2D eigenvalue weighted by Crippen LogP contribution is -2.36. The van der Waals surface area contributed by atoms with Crippen molar-refractivity contribution in [2.45, 2.75) is 5.50 Å². The minimum atomic E-state index is -0.613. The second kappa shape index (κ2) is 4.13. The van der Waals surface area contributed by atoms with Gasteiger partial charge in [0.1, 0.15) is 5.50 Å². The van der Waals surface area contributed by atoms with Crippen molar-refractivity contribution < 1.29 is 4.79 Å². The van der Waals surface area contributed by atoms with Crippen molar-refractivity contribution in [2.75, 3.05) is 0 Å². The van der Waals surface area contributed by atoms with Crippen LogP contribution < -0.4 is 11.1 Å². The summed E-state index contributed by atoms with van der Waals surface area (Å²) < 4.78 is 0. The van der Waals surface area contributed by atoms with Crippen LogP contribution in [0.2, 0.25) is 0 Å². The van der Waals surface area contributed by atoms with Gasteiger partial charge in [0, 0.05) is 5.56 Å². The zero-order valence-electron chi connectivity index (χ0n) is 6.40. The van der Waals surface area contributed by atoms with Crippen LogP contribution in [0.15, 0.2) is 30.3 Å². The first kappa shape index (κ1) is 9.09. The number of benzene rings is 1. The van der Waals surface area contributed by atoms with Gasteiger partial charge >= 0.3 is 0 Å². The maximum atomic E-state index is 11.2. The van der Waals surface area contributed by atoms with Gasteiger partial charge in [-0.15, -0.1) is 12.6 Å². The molecule has 1 amide bonds. The highest BCUT2D eigenvalue weighted by Crippen LogP contribution is 1.98. The van der Waals surface area contributed by atoms with Gasteiger partial charge < -0.3 is 11.1 Å². The van der Waals surface area contributed by atoms with Crippen LogP contribution in [0.1, 0.15) is 10.4 Å². The molecule has 3 nitrogen and oxygen atoms in total. The fourth-order valence-electron chi connectivity index (χ4n) is 0.807. The first-order valence-electron chi connectivity index (χ1n) is 3.50. The van der Waals surface area contributed by atoms with E-state index in [0.717, 1.165) is 0 Å². The van der Waals surface area contributed by atoms with Crippen molar-refractivity contribution in [1.29, 1.82) is 0 Å². The van der Waals surface area contributed by atoms with Gasteiger partial charge in [0.15, 0.2) is 0 Å². The fourth-order valence-corrected chi connectivity index (χ4v) is 0.924. The molecule has 0 aliphatic heterocycles. The van der Waals surface area contributed by atoms with Crippen molar-refractivity contribution >= 4 is 18.5 Å². The number of carbonyl (C=O) groups excluding carboxylic acids is 1. The number of carbonyl (C=O) groups is 1. The van der Waals surface area contributed by atoms with E-state index in [2.05, 4.69) is 17.9 Å². The Kier molecular flexibility index (Phi) is 3.13. The molecule has 0 bridgehead atoms. The number of hydrogen-bond acceptors (Lipinski definition) is 3. The van der Waals surface area contributed by atoms with E-state index >= 15 is 0 Å². The molecule has 64 valence electrons. The Morgan fingerprint density at radius 3 is 2.50 bits per heavy atom. The Morgan fingerprint density at radius 1 is 1.42 bits per heavy atom. The fraction of sp³-hybridized carbons (Fsp3) is 0.125. The summed E-state index contributed by atoms with van der Waals surface area (Å²) in [5, 5.41) is 2.46. The number of thiol groups is 1. The summed E-state index contributed by atoms with van der Waals surface area (Å²) >= 11 is 3.83. The standard InChI is InChI=1S/C8H10N2OS/c9-8(12)10-7(11)6-4-2-1-3-5-6/h1-5,8,12H,9H2,(H,10,11)/t8-/m1/s1. The Balaban J connectivity index is 2.66. The maximum absolute atomic E-state index is 11.2. The van der Waals surface area contributed by atoms with Crippen molar-refractivity contribution in [1.82, 2.24) is 5.32 Å². The summed E-state index contributed by atoms with van der Waals surface area (Å²) in [4.78, 5) is 11.2. The zero-order valence-corrected chi connectivity index (χ0v) is 7.29. The molecule has 0 aliphatic rings. The highest BCUT2D eigenvalue weighted by molar-refractivity contribution is 7.80. The molecule has 12 heavy (non-hydrogen) atoms. The number of amides is 1. The predicted octanol–water partition coefficient (Wildman–Crippen LogP) is 0.589. The molecule has 0 saturated carbocycles. The number of rotatable bonds is 2. The summed E-state index contributed by atoms with van der Waals surface area (Å²) in [5.41, 5.74) is 5.23. The largest absolute Gasteiger partial charge is 0.328 e. The lowest BCUT2D eigenvalue weighted by Gasteiger charge is -2.06. The number of nitrogens with one attached hydrogen (secondary N) is 1. The van der Waals surface area contributed by atoms with E-state index < -0.39 is 5.50 Å². The smallest absolute Gasteiger partial charge is 0.253 e. The average Bonchev–Trinajstić information content (AvgIpc) is 2.05. The molecule has 1 aromatic carbocycles. The van der Waals surface area contributed by atoms with E-state index in [-0.39, 0.29) is 5.91 Å². The summed E-state index contributed by atoms with van der Waals surface area (Å²) in [6.07, 6.45) is 0. The minimum absolute atomic E-state index is 0.210. The van der Waals surface area contributed by atoms with Crippen LogP contribution in [-0.4, -0.2) is 11.4 Å². The Morgan fingerprint density at radius 2 is 2.00 bits per heavy atom. The van der Waals surface area contributed by atoms with E-state index in [1.807, 2.05) is 6.07 Å². The van der Waals surface area contributed by atoms with Gasteiger partial charge in [-0.3, -0.25) is 4.79 Å². The third kappa shape index (κ3) is 2.56. The second-order valence-corrected chi connectivity index (χ2v) is 2.84. The van der Waals surface area contributed by atoms with E-state index in [1.165, 1.54) is 0 Å². The van der Waals surface area contributed by atoms with Gasteiger partial charge in [-0.2, -0.15) is 0 Å². The topological polar surface area (TPSA) is 55.1 Å². The van der Waals surface area contributed by atoms with Crippen LogP contribution in [0, 0.1) is 0 Å². The van der Waals surface area contributed by atoms with Gasteiger partial charge in [-0.25, -0.2) is 0 Å². The monoisotopic (exact) mass is 182 g/mol. The average molecular weight is 182 g/mol. The van der Waals surface area contributed by atoms with E-state index in [4.69, 9.17) is 5.73 Å².